The molecule has 0 spiro atoms. The summed E-state index contributed by atoms with van der Waals surface area (Å²) in [4.78, 5) is 12.3. The Morgan fingerprint density at radius 3 is 2.40 bits per heavy atom. The molecule has 136 valence electrons. The maximum Gasteiger partial charge on any atom is 0.259 e. The summed E-state index contributed by atoms with van der Waals surface area (Å²) in [5, 5.41) is 2.72. The van der Waals surface area contributed by atoms with Gasteiger partial charge in [0.25, 0.3) is 5.91 Å². The minimum Gasteiger partial charge on any atom is -0.466 e. The lowest BCUT2D eigenvalue weighted by atomic mass is 10.2. The van der Waals surface area contributed by atoms with Crippen molar-refractivity contribution < 1.29 is 22.4 Å². The van der Waals surface area contributed by atoms with E-state index in [2.05, 4.69) is 10.0 Å². The minimum absolute atomic E-state index is 0.115. The van der Waals surface area contributed by atoms with Crippen molar-refractivity contribution in [3.05, 3.63) is 47.4 Å². The van der Waals surface area contributed by atoms with Crippen LogP contribution in [0.3, 0.4) is 0 Å². The Morgan fingerprint density at radius 1 is 1.24 bits per heavy atom. The maximum absolute atomic E-state index is 12.3. The first kappa shape index (κ1) is 19.2. The van der Waals surface area contributed by atoms with Gasteiger partial charge in [0, 0.05) is 18.8 Å². The van der Waals surface area contributed by atoms with Gasteiger partial charge in [0.2, 0.25) is 10.0 Å². The highest BCUT2D eigenvalue weighted by Crippen LogP contribution is 2.18. The number of benzene rings is 1. The first-order valence-corrected chi connectivity index (χ1v) is 9.21. The third kappa shape index (κ3) is 4.91. The molecule has 1 aromatic heterocycles. The average Bonchev–Trinajstić information content (AvgIpc) is 2.86. The fourth-order valence-electron chi connectivity index (χ4n) is 2.39. The van der Waals surface area contributed by atoms with Crippen molar-refractivity contribution in [3.63, 3.8) is 0 Å². The van der Waals surface area contributed by atoms with Crippen LogP contribution in [-0.4, -0.2) is 34.1 Å². The third-order valence-electron chi connectivity index (χ3n) is 3.48. The average molecular weight is 366 g/mol. The van der Waals surface area contributed by atoms with Crippen LogP contribution in [0.25, 0.3) is 0 Å². The molecular weight excluding hydrogens is 344 g/mol. The van der Waals surface area contributed by atoms with Crippen molar-refractivity contribution in [2.75, 3.05) is 19.0 Å². The second-order valence-corrected chi connectivity index (χ2v) is 7.50. The Balaban J connectivity index is 2.09. The summed E-state index contributed by atoms with van der Waals surface area (Å²) >= 11 is 0. The van der Waals surface area contributed by atoms with E-state index in [1.165, 1.54) is 31.4 Å². The van der Waals surface area contributed by atoms with Gasteiger partial charge in [0.15, 0.2) is 0 Å². The van der Waals surface area contributed by atoms with Crippen molar-refractivity contribution in [1.29, 1.82) is 0 Å². The number of amides is 1. The lowest BCUT2D eigenvalue weighted by Gasteiger charge is -2.13. The molecule has 2 N–H and O–H groups in total. The topological polar surface area (TPSA) is 97.6 Å². The van der Waals surface area contributed by atoms with Crippen molar-refractivity contribution in [2.24, 2.45) is 0 Å². The number of sulfonamides is 1. The lowest BCUT2D eigenvalue weighted by molar-refractivity contribution is 0.102. The molecule has 0 saturated carbocycles. The van der Waals surface area contributed by atoms with Crippen LogP contribution in [0.5, 0.6) is 0 Å². The maximum atomic E-state index is 12.3. The summed E-state index contributed by atoms with van der Waals surface area (Å²) in [5.41, 5.74) is 0.941. The van der Waals surface area contributed by atoms with Gasteiger partial charge in [0.05, 0.1) is 17.1 Å². The highest BCUT2D eigenvalue weighted by molar-refractivity contribution is 7.89. The third-order valence-corrected chi connectivity index (χ3v) is 5.09. The van der Waals surface area contributed by atoms with Crippen LogP contribution in [0.4, 0.5) is 5.69 Å². The number of hydrogen-bond donors (Lipinski definition) is 2. The van der Waals surface area contributed by atoms with E-state index in [0.29, 0.717) is 22.8 Å². The van der Waals surface area contributed by atoms with Crippen LogP contribution in [-0.2, 0) is 14.8 Å². The van der Waals surface area contributed by atoms with Crippen LogP contribution in [0.2, 0.25) is 0 Å². The summed E-state index contributed by atoms with van der Waals surface area (Å²) in [6.07, 6.45) is 0. The monoisotopic (exact) mass is 366 g/mol. The molecule has 7 nitrogen and oxygen atoms in total. The van der Waals surface area contributed by atoms with Gasteiger partial charge in [-0.2, -0.15) is 0 Å². The number of aryl methyl sites for hydroxylation is 2. The highest BCUT2D eigenvalue weighted by atomic mass is 32.2. The fourth-order valence-corrected chi connectivity index (χ4v) is 3.62. The summed E-state index contributed by atoms with van der Waals surface area (Å²) in [7, 11) is -2.13. The molecule has 0 saturated heterocycles. The van der Waals surface area contributed by atoms with Crippen molar-refractivity contribution >= 4 is 21.6 Å². The van der Waals surface area contributed by atoms with E-state index in [0.717, 1.165) is 0 Å². The summed E-state index contributed by atoms with van der Waals surface area (Å²) in [6, 6.07) is 7.26. The van der Waals surface area contributed by atoms with Gasteiger partial charge < -0.3 is 14.5 Å². The van der Waals surface area contributed by atoms with Crippen LogP contribution >= 0.6 is 0 Å². The van der Waals surface area contributed by atoms with Gasteiger partial charge in [-0.3, -0.25) is 4.79 Å². The molecule has 8 heteroatoms. The number of anilines is 1. The number of hydrogen-bond acceptors (Lipinski definition) is 5. The molecule has 2 rings (SSSR count). The van der Waals surface area contributed by atoms with Gasteiger partial charge in [-0.1, -0.05) is 0 Å². The normalized spacial score (nSPS) is 12.8. The molecule has 0 radical (unpaired) electrons. The summed E-state index contributed by atoms with van der Waals surface area (Å²) < 4.78 is 37.3. The summed E-state index contributed by atoms with van der Waals surface area (Å²) in [6.45, 7) is 5.47. The molecule has 0 unspecified atom stereocenters. The molecule has 1 amide bonds. The molecule has 2 aromatic rings. The molecule has 0 fully saturated rings. The molecule has 0 bridgehead atoms. The molecular formula is C17H22N2O5S. The van der Waals surface area contributed by atoms with Gasteiger partial charge in [-0.15, -0.1) is 0 Å². The first-order chi connectivity index (χ1) is 11.7. The predicted octanol–water partition coefficient (Wildman–Crippen LogP) is 2.46. The zero-order valence-corrected chi connectivity index (χ0v) is 15.4. The number of methoxy groups -OCH3 is 1. The Kier molecular flexibility index (Phi) is 5.99. The smallest absolute Gasteiger partial charge is 0.259 e. The standard InChI is InChI=1S/C17H22N2O5S/c1-11(10-23-4)19-25(21,22)15-7-5-14(6-8-15)18-17(20)16-9-12(2)24-13(16)3/h5-9,11,19H,10H2,1-4H3,(H,18,20)/t11-/m0/s1. The van der Waals surface area contributed by atoms with Crippen LogP contribution < -0.4 is 10.0 Å². The predicted molar refractivity (Wildman–Crippen MR) is 94.2 cm³/mol. The van der Waals surface area contributed by atoms with Gasteiger partial charge in [-0.05, 0) is 51.1 Å². The molecule has 0 aliphatic rings. The van der Waals surface area contributed by atoms with E-state index in [-0.39, 0.29) is 23.5 Å². The fraction of sp³-hybridized carbons (Fsp3) is 0.353. The van der Waals surface area contributed by atoms with Gasteiger partial charge in [-0.25, -0.2) is 13.1 Å². The van der Waals surface area contributed by atoms with Crippen LogP contribution in [0, 0.1) is 13.8 Å². The Hall–Kier alpha value is -2.16. The highest BCUT2D eigenvalue weighted by Gasteiger charge is 2.18. The van der Waals surface area contributed by atoms with E-state index in [9.17, 15) is 13.2 Å². The number of carbonyl (C=O) groups excluding carboxylic acids is 1. The van der Waals surface area contributed by atoms with Gasteiger partial charge >= 0.3 is 0 Å². The van der Waals surface area contributed by atoms with Crippen molar-refractivity contribution in [1.82, 2.24) is 4.72 Å². The van der Waals surface area contributed by atoms with E-state index in [1.54, 1.807) is 26.8 Å². The van der Waals surface area contributed by atoms with E-state index >= 15 is 0 Å². The second-order valence-electron chi connectivity index (χ2n) is 5.78. The van der Waals surface area contributed by atoms with Crippen molar-refractivity contribution in [3.8, 4) is 0 Å². The van der Waals surface area contributed by atoms with Gasteiger partial charge in [0.1, 0.15) is 11.5 Å². The molecule has 0 aliphatic heterocycles. The summed E-state index contributed by atoms with van der Waals surface area (Å²) in [5.74, 6) is 0.877. The zero-order valence-electron chi connectivity index (χ0n) is 14.6. The number of ether oxygens (including phenoxy) is 1. The van der Waals surface area contributed by atoms with E-state index < -0.39 is 10.0 Å². The molecule has 1 heterocycles. The lowest BCUT2D eigenvalue weighted by Crippen LogP contribution is -2.35. The largest absolute Gasteiger partial charge is 0.466 e. The molecule has 25 heavy (non-hydrogen) atoms. The number of nitrogens with one attached hydrogen (secondary N) is 2. The number of carbonyl (C=O) groups is 1. The van der Waals surface area contributed by atoms with E-state index in [1.807, 2.05) is 0 Å². The zero-order chi connectivity index (χ0) is 18.6. The number of furan rings is 1. The Labute approximate surface area is 147 Å². The van der Waals surface area contributed by atoms with Crippen LogP contribution in [0.15, 0.2) is 39.6 Å². The quantitative estimate of drug-likeness (QED) is 0.784. The van der Waals surface area contributed by atoms with E-state index in [4.69, 9.17) is 9.15 Å². The van der Waals surface area contributed by atoms with Crippen molar-refractivity contribution in [2.45, 2.75) is 31.7 Å². The van der Waals surface area contributed by atoms with Crippen LogP contribution in [0.1, 0.15) is 28.8 Å². The Bertz CT molecular complexity index is 840. The minimum atomic E-state index is -3.64. The molecule has 0 aliphatic carbocycles. The first-order valence-electron chi connectivity index (χ1n) is 7.72. The Morgan fingerprint density at radius 2 is 1.88 bits per heavy atom. The SMILES string of the molecule is COC[C@H](C)NS(=O)(=O)c1ccc(NC(=O)c2cc(C)oc2C)cc1. The molecule has 1 aromatic carbocycles. The number of rotatable bonds is 7. The second kappa shape index (κ2) is 7.81. The molecule has 1 atom stereocenters.